The fourth-order valence-electron chi connectivity index (χ4n) is 2.34. The molecule has 1 aliphatic rings. The second-order valence-corrected chi connectivity index (χ2v) is 5.11. The van der Waals surface area contributed by atoms with Crippen LogP contribution in [0.25, 0.3) is 0 Å². The van der Waals surface area contributed by atoms with Crippen LogP contribution >= 0.6 is 11.6 Å². The van der Waals surface area contributed by atoms with Gasteiger partial charge in [-0.1, -0.05) is 11.6 Å². The third-order valence-corrected chi connectivity index (χ3v) is 3.29. The van der Waals surface area contributed by atoms with Crippen molar-refractivity contribution in [2.45, 2.75) is 44.9 Å². The Morgan fingerprint density at radius 3 is 2.53 bits per heavy atom. The number of hydrogen-bond donors (Lipinski definition) is 1. The van der Waals surface area contributed by atoms with Crippen LogP contribution in [0.1, 0.15) is 26.7 Å². The van der Waals surface area contributed by atoms with Gasteiger partial charge in [0.05, 0.1) is 17.2 Å². The maximum absolute atomic E-state index is 13.3. The van der Waals surface area contributed by atoms with Gasteiger partial charge < -0.3 is 10.1 Å². The van der Waals surface area contributed by atoms with Crippen LogP contribution in [0, 0.1) is 5.82 Å². The van der Waals surface area contributed by atoms with E-state index in [0.717, 1.165) is 18.5 Å². The van der Waals surface area contributed by atoms with E-state index in [-0.39, 0.29) is 23.0 Å². The summed E-state index contributed by atoms with van der Waals surface area (Å²) in [5, 5.41) is 3.49. The monoisotopic (exact) mass is 257 g/mol. The van der Waals surface area contributed by atoms with Crippen LogP contribution in [0.3, 0.4) is 0 Å². The number of anilines is 1. The van der Waals surface area contributed by atoms with Crippen LogP contribution < -0.4 is 5.32 Å². The Morgan fingerprint density at radius 2 is 1.94 bits per heavy atom. The maximum atomic E-state index is 13.3. The SMILES string of the molecule is CC1CC(Nc2ccc(Cl)c(F)c2)CC(C)O1. The van der Waals surface area contributed by atoms with Gasteiger partial charge in [0.25, 0.3) is 0 Å². The molecule has 17 heavy (non-hydrogen) atoms. The first-order valence-electron chi connectivity index (χ1n) is 5.91. The Balaban J connectivity index is 2.02. The lowest BCUT2D eigenvalue weighted by molar-refractivity contribution is -0.0337. The predicted octanol–water partition coefficient (Wildman–Crippen LogP) is 3.85. The Labute approximate surface area is 106 Å². The van der Waals surface area contributed by atoms with E-state index in [1.54, 1.807) is 12.1 Å². The van der Waals surface area contributed by atoms with Crippen molar-refractivity contribution in [1.29, 1.82) is 0 Å². The van der Waals surface area contributed by atoms with Gasteiger partial charge in [-0.05, 0) is 44.9 Å². The lowest BCUT2D eigenvalue weighted by Gasteiger charge is -2.33. The molecule has 4 heteroatoms. The summed E-state index contributed by atoms with van der Waals surface area (Å²) in [5.74, 6) is -0.384. The van der Waals surface area contributed by atoms with Crippen molar-refractivity contribution in [3.8, 4) is 0 Å². The molecule has 0 bridgehead atoms. The van der Waals surface area contributed by atoms with Gasteiger partial charge >= 0.3 is 0 Å². The maximum Gasteiger partial charge on any atom is 0.143 e. The van der Waals surface area contributed by atoms with Gasteiger partial charge in [-0.2, -0.15) is 0 Å². The molecule has 1 heterocycles. The molecular formula is C13H17ClFNO. The summed E-state index contributed by atoms with van der Waals surface area (Å²) in [7, 11) is 0. The van der Waals surface area contributed by atoms with Gasteiger partial charge in [-0.25, -0.2) is 4.39 Å². The molecule has 2 rings (SSSR count). The van der Waals surface area contributed by atoms with Crippen LogP contribution in [0.5, 0.6) is 0 Å². The predicted molar refractivity (Wildman–Crippen MR) is 68.1 cm³/mol. The second-order valence-electron chi connectivity index (χ2n) is 4.70. The Hall–Kier alpha value is -0.800. The second kappa shape index (κ2) is 5.23. The van der Waals surface area contributed by atoms with E-state index in [0.29, 0.717) is 6.04 Å². The standard InChI is InChI=1S/C13H17ClFNO/c1-8-5-11(6-9(2)17-8)16-10-3-4-12(14)13(15)7-10/h3-4,7-9,11,16H,5-6H2,1-2H3. The number of rotatable bonds is 2. The molecule has 0 spiro atoms. The first kappa shape index (κ1) is 12.7. The van der Waals surface area contributed by atoms with Crippen LogP contribution in [-0.2, 0) is 4.74 Å². The van der Waals surface area contributed by atoms with E-state index in [2.05, 4.69) is 19.2 Å². The molecule has 1 saturated heterocycles. The molecule has 0 amide bonds. The molecular weight excluding hydrogens is 241 g/mol. The summed E-state index contributed by atoms with van der Waals surface area (Å²) in [5.41, 5.74) is 0.776. The molecule has 1 N–H and O–H groups in total. The van der Waals surface area contributed by atoms with E-state index >= 15 is 0 Å². The number of benzene rings is 1. The molecule has 0 aliphatic carbocycles. The molecule has 1 aromatic carbocycles. The van der Waals surface area contributed by atoms with Crippen LogP contribution in [0.4, 0.5) is 10.1 Å². The van der Waals surface area contributed by atoms with Gasteiger partial charge in [0.2, 0.25) is 0 Å². The minimum atomic E-state index is -0.384. The zero-order chi connectivity index (χ0) is 12.4. The average molecular weight is 258 g/mol. The lowest BCUT2D eigenvalue weighted by Crippen LogP contribution is -2.36. The zero-order valence-corrected chi connectivity index (χ0v) is 10.8. The van der Waals surface area contributed by atoms with Crippen molar-refractivity contribution >= 4 is 17.3 Å². The van der Waals surface area contributed by atoms with E-state index < -0.39 is 0 Å². The van der Waals surface area contributed by atoms with Crippen molar-refractivity contribution < 1.29 is 9.13 Å². The van der Waals surface area contributed by atoms with Crippen molar-refractivity contribution in [2.75, 3.05) is 5.32 Å². The lowest BCUT2D eigenvalue weighted by atomic mass is 9.99. The van der Waals surface area contributed by atoms with Crippen molar-refractivity contribution in [1.82, 2.24) is 0 Å². The highest BCUT2D eigenvalue weighted by Gasteiger charge is 2.24. The van der Waals surface area contributed by atoms with Gasteiger partial charge in [0, 0.05) is 11.7 Å². The van der Waals surface area contributed by atoms with Crippen LogP contribution in [0.15, 0.2) is 18.2 Å². The molecule has 0 aromatic heterocycles. The van der Waals surface area contributed by atoms with Gasteiger partial charge in [0.15, 0.2) is 0 Å². The van der Waals surface area contributed by atoms with Gasteiger partial charge in [-0.15, -0.1) is 0 Å². The molecule has 2 atom stereocenters. The molecule has 2 nitrogen and oxygen atoms in total. The Kier molecular flexibility index (Phi) is 3.89. The minimum absolute atomic E-state index is 0.157. The minimum Gasteiger partial charge on any atom is -0.382 e. The molecule has 94 valence electrons. The smallest absolute Gasteiger partial charge is 0.143 e. The van der Waals surface area contributed by atoms with Gasteiger partial charge in [0.1, 0.15) is 5.82 Å². The number of ether oxygens (including phenoxy) is 1. The number of hydrogen-bond acceptors (Lipinski definition) is 2. The molecule has 0 radical (unpaired) electrons. The highest BCUT2D eigenvalue weighted by Crippen LogP contribution is 2.24. The molecule has 1 aromatic rings. The zero-order valence-electron chi connectivity index (χ0n) is 10.0. The molecule has 0 saturated carbocycles. The summed E-state index contributed by atoms with van der Waals surface area (Å²) < 4.78 is 19.0. The van der Waals surface area contributed by atoms with E-state index in [1.807, 2.05) is 0 Å². The van der Waals surface area contributed by atoms with Crippen molar-refractivity contribution in [3.63, 3.8) is 0 Å². The molecule has 1 aliphatic heterocycles. The third kappa shape index (κ3) is 3.33. The normalized spacial score (nSPS) is 29.1. The summed E-state index contributed by atoms with van der Waals surface area (Å²) in [4.78, 5) is 0. The largest absolute Gasteiger partial charge is 0.382 e. The van der Waals surface area contributed by atoms with Crippen LogP contribution in [0.2, 0.25) is 5.02 Å². The van der Waals surface area contributed by atoms with Crippen molar-refractivity contribution in [2.24, 2.45) is 0 Å². The summed E-state index contributed by atoms with van der Waals surface area (Å²) >= 11 is 5.65. The fourth-order valence-corrected chi connectivity index (χ4v) is 2.46. The summed E-state index contributed by atoms with van der Waals surface area (Å²) in [6.07, 6.45) is 2.37. The Bertz CT molecular complexity index is 389. The third-order valence-electron chi connectivity index (χ3n) is 2.99. The average Bonchev–Trinajstić information content (AvgIpc) is 2.22. The van der Waals surface area contributed by atoms with Gasteiger partial charge in [-0.3, -0.25) is 0 Å². The summed E-state index contributed by atoms with van der Waals surface area (Å²) in [6.45, 7) is 4.12. The summed E-state index contributed by atoms with van der Waals surface area (Å²) in [6, 6.07) is 5.14. The number of halogens is 2. The highest BCUT2D eigenvalue weighted by molar-refractivity contribution is 6.30. The van der Waals surface area contributed by atoms with Crippen molar-refractivity contribution in [3.05, 3.63) is 29.0 Å². The quantitative estimate of drug-likeness (QED) is 0.869. The van der Waals surface area contributed by atoms with E-state index in [9.17, 15) is 4.39 Å². The van der Waals surface area contributed by atoms with E-state index in [4.69, 9.17) is 16.3 Å². The first-order chi connectivity index (χ1) is 8.04. The first-order valence-corrected chi connectivity index (χ1v) is 6.29. The van der Waals surface area contributed by atoms with Crippen LogP contribution in [-0.4, -0.2) is 18.2 Å². The highest BCUT2D eigenvalue weighted by atomic mass is 35.5. The Morgan fingerprint density at radius 1 is 1.29 bits per heavy atom. The molecule has 2 unspecified atom stereocenters. The topological polar surface area (TPSA) is 21.3 Å². The molecule has 1 fully saturated rings. The number of nitrogens with one attached hydrogen (secondary N) is 1. The van der Waals surface area contributed by atoms with E-state index in [1.165, 1.54) is 6.07 Å². The fraction of sp³-hybridized carbons (Fsp3) is 0.538.